The first-order valence-corrected chi connectivity index (χ1v) is 7.78. The third-order valence-electron chi connectivity index (χ3n) is 4.16. The Balaban J connectivity index is 2.08. The molecule has 1 N–H and O–H groups in total. The van der Waals surface area contributed by atoms with E-state index in [4.69, 9.17) is 4.74 Å². The third kappa shape index (κ3) is 4.05. The van der Waals surface area contributed by atoms with Gasteiger partial charge in [0, 0.05) is 12.6 Å². The van der Waals surface area contributed by atoms with Crippen molar-refractivity contribution < 1.29 is 14.6 Å². The summed E-state index contributed by atoms with van der Waals surface area (Å²) in [4.78, 5) is 13.6. The molecule has 0 saturated carbocycles. The van der Waals surface area contributed by atoms with Gasteiger partial charge in [0.25, 0.3) is 0 Å². The number of carboxylic acid groups (broad SMARTS) is 1. The molecule has 1 aliphatic rings. The fourth-order valence-corrected chi connectivity index (χ4v) is 2.90. The van der Waals surface area contributed by atoms with Crippen LogP contribution in [0.25, 0.3) is 0 Å². The predicted octanol–water partition coefficient (Wildman–Crippen LogP) is 2.56. The minimum atomic E-state index is -0.750. The van der Waals surface area contributed by atoms with Gasteiger partial charge in [0.15, 0.2) is 0 Å². The van der Waals surface area contributed by atoms with Crippen LogP contribution in [0.1, 0.15) is 31.4 Å². The number of aryl methyl sites for hydroxylation is 1. The lowest BCUT2D eigenvalue weighted by atomic mass is 10.0. The summed E-state index contributed by atoms with van der Waals surface area (Å²) in [6.07, 6.45) is 2.05. The van der Waals surface area contributed by atoms with Crippen LogP contribution in [0.3, 0.4) is 0 Å². The van der Waals surface area contributed by atoms with E-state index in [1.54, 1.807) is 0 Å². The van der Waals surface area contributed by atoms with Gasteiger partial charge in [0.2, 0.25) is 0 Å². The summed E-state index contributed by atoms with van der Waals surface area (Å²) >= 11 is 0. The van der Waals surface area contributed by atoms with E-state index in [-0.39, 0.29) is 6.04 Å². The highest BCUT2D eigenvalue weighted by Gasteiger charge is 2.37. The normalized spacial score (nSPS) is 21.9. The lowest BCUT2D eigenvalue weighted by Gasteiger charge is -2.30. The summed E-state index contributed by atoms with van der Waals surface area (Å²) in [5.41, 5.74) is 2.56. The molecule has 0 amide bonds. The van der Waals surface area contributed by atoms with Gasteiger partial charge in [-0.1, -0.05) is 38.1 Å². The summed E-state index contributed by atoms with van der Waals surface area (Å²) in [6.45, 7) is 6.80. The zero-order chi connectivity index (χ0) is 15.2. The molecule has 0 radical (unpaired) electrons. The number of ether oxygens (including phenoxy) is 1. The Morgan fingerprint density at radius 3 is 2.48 bits per heavy atom. The first-order valence-electron chi connectivity index (χ1n) is 7.78. The second kappa shape index (κ2) is 7.57. The molecule has 1 aromatic rings. The molecule has 0 spiro atoms. The zero-order valence-corrected chi connectivity index (χ0v) is 12.9. The number of carbonyl (C=O) groups is 1. The number of carboxylic acids is 1. The molecule has 1 saturated heterocycles. The molecule has 2 unspecified atom stereocenters. The van der Waals surface area contributed by atoms with Crippen LogP contribution in [0.4, 0.5) is 0 Å². The Labute approximate surface area is 126 Å². The number of nitrogens with zero attached hydrogens (tertiary/aromatic N) is 1. The van der Waals surface area contributed by atoms with Crippen molar-refractivity contribution in [3.63, 3.8) is 0 Å². The summed E-state index contributed by atoms with van der Waals surface area (Å²) in [5.74, 6) is -1.16. The van der Waals surface area contributed by atoms with E-state index in [1.165, 1.54) is 11.1 Å². The van der Waals surface area contributed by atoms with Crippen LogP contribution in [-0.2, 0) is 22.5 Å². The van der Waals surface area contributed by atoms with E-state index < -0.39 is 11.9 Å². The fraction of sp³-hybridized carbons (Fsp3) is 0.588. The average molecular weight is 291 g/mol. The molecule has 116 valence electrons. The minimum absolute atomic E-state index is 0.0201. The Kier molecular flexibility index (Phi) is 5.76. The third-order valence-corrected chi connectivity index (χ3v) is 4.16. The number of hydrogen-bond donors (Lipinski definition) is 1. The topological polar surface area (TPSA) is 49.8 Å². The van der Waals surface area contributed by atoms with Gasteiger partial charge in [0.05, 0.1) is 19.1 Å². The zero-order valence-electron chi connectivity index (χ0n) is 12.9. The van der Waals surface area contributed by atoms with E-state index >= 15 is 0 Å². The van der Waals surface area contributed by atoms with Crippen molar-refractivity contribution in [2.24, 2.45) is 5.92 Å². The monoisotopic (exact) mass is 291 g/mol. The van der Waals surface area contributed by atoms with Gasteiger partial charge in [-0.15, -0.1) is 0 Å². The number of hydrogen-bond acceptors (Lipinski definition) is 3. The van der Waals surface area contributed by atoms with Crippen LogP contribution in [0, 0.1) is 5.92 Å². The average Bonchev–Trinajstić information content (AvgIpc) is 2.97. The Hall–Kier alpha value is -1.39. The number of rotatable bonds is 7. The van der Waals surface area contributed by atoms with Crippen molar-refractivity contribution in [3.05, 3.63) is 35.4 Å². The summed E-state index contributed by atoms with van der Waals surface area (Å²) < 4.78 is 5.41. The first kappa shape index (κ1) is 16.0. The highest BCUT2D eigenvalue weighted by Crippen LogP contribution is 2.22. The van der Waals surface area contributed by atoms with Gasteiger partial charge in [-0.2, -0.15) is 0 Å². The molecule has 2 rings (SSSR count). The summed E-state index contributed by atoms with van der Waals surface area (Å²) in [5, 5.41) is 9.33. The first-order chi connectivity index (χ1) is 10.2. The van der Waals surface area contributed by atoms with Crippen molar-refractivity contribution in [3.8, 4) is 0 Å². The maximum absolute atomic E-state index is 11.3. The molecular formula is C17H25NO3. The molecule has 0 bridgehead atoms. The van der Waals surface area contributed by atoms with Gasteiger partial charge in [-0.3, -0.25) is 9.69 Å². The van der Waals surface area contributed by atoms with Crippen molar-refractivity contribution in [1.29, 1.82) is 0 Å². The SMILES string of the molecule is CCCN(Cc1ccc(CC)cc1)C1COCC1C(=O)O. The van der Waals surface area contributed by atoms with Crippen LogP contribution >= 0.6 is 0 Å². The van der Waals surface area contributed by atoms with E-state index in [2.05, 4.69) is 43.0 Å². The quantitative estimate of drug-likeness (QED) is 0.839. The van der Waals surface area contributed by atoms with Crippen LogP contribution in [0.2, 0.25) is 0 Å². The molecule has 0 aromatic heterocycles. The number of aliphatic carboxylic acids is 1. The van der Waals surface area contributed by atoms with Gasteiger partial charge >= 0.3 is 5.97 Å². The highest BCUT2D eigenvalue weighted by molar-refractivity contribution is 5.71. The number of benzene rings is 1. The van der Waals surface area contributed by atoms with E-state index in [0.717, 1.165) is 25.9 Å². The molecule has 21 heavy (non-hydrogen) atoms. The molecule has 4 nitrogen and oxygen atoms in total. The smallest absolute Gasteiger partial charge is 0.310 e. The lowest BCUT2D eigenvalue weighted by Crippen LogP contribution is -2.43. The molecule has 1 heterocycles. The molecule has 1 aliphatic heterocycles. The van der Waals surface area contributed by atoms with Crippen molar-refractivity contribution in [1.82, 2.24) is 4.90 Å². The maximum Gasteiger partial charge on any atom is 0.310 e. The Morgan fingerprint density at radius 1 is 1.24 bits per heavy atom. The van der Waals surface area contributed by atoms with Crippen molar-refractivity contribution >= 4 is 5.97 Å². The highest BCUT2D eigenvalue weighted by atomic mass is 16.5. The second-order valence-corrected chi connectivity index (χ2v) is 5.69. The van der Waals surface area contributed by atoms with Crippen molar-refractivity contribution in [2.75, 3.05) is 19.8 Å². The largest absolute Gasteiger partial charge is 0.481 e. The molecular weight excluding hydrogens is 266 g/mol. The van der Waals surface area contributed by atoms with Gasteiger partial charge in [-0.05, 0) is 30.5 Å². The molecule has 1 fully saturated rings. The molecule has 0 aliphatic carbocycles. The van der Waals surface area contributed by atoms with E-state index in [0.29, 0.717) is 13.2 Å². The van der Waals surface area contributed by atoms with E-state index in [9.17, 15) is 9.90 Å². The molecule has 2 atom stereocenters. The fourth-order valence-electron chi connectivity index (χ4n) is 2.90. The van der Waals surface area contributed by atoms with Gasteiger partial charge in [0.1, 0.15) is 0 Å². The van der Waals surface area contributed by atoms with Crippen LogP contribution < -0.4 is 0 Å². The Morgan fingerprint density at radius 2 is 1.90 bits per heavy atom. The Bertz CT molecular complexity index is 458. The minimum Gasteiger partial charge on any atom is -0.481 e. The van der Waals surface area contributed by atoms with Gasteiger partial charge < -0.3 is 9.84 Å². The summed E-state index contributed by atoms with van der Waals surface area (Å²) in [6, 6.07) is 8.58. The van der Waals surface area contributed by atoms with E-state index in [1.807, 2.05) is 0 Å². The van der Waals surface area contributed by atoms with Crippen LogP contribution in [0.5, 0.6) is 0 Å². The standard InChI is InChI=1S/C17H25NO3/c1-3-9-18(16-12-21-11-15(16)17(19)20)10-14-7-5-13(4-2)6-8-14/h5-8,15-16H,3-4,9-12H2,1-2H3,(H,19,20). The van der Waals surface area contributed by atoms with Gasteiger partial charge in [-0.25, -0.2) is 0 Å². The molecule has 4 heteroatoms. The second-order valence-electron chi connectivity index (χ2n) is 5.69. The van der Waals surface area contributed by atoms with Crippen LogP contribution in [0.15, 0.2) is 24.3 Å². The van der Waals surface area contributed by atoms with Crippen LogP contribution in [-0.4, -0.2) is 41.8 Å². The van der Waals surface area contributed by atoms with Crippen molar-refractivity contribution in [2.45, 2.75) is 39.3 Å². The molecule has 1 aromatic carbocycles. The summed E-state index contributed by atoms with van der Waals surface area (Å²) in [7, 11) is 0. The predicted molar refractivity (Wildman–Crippen MR) is 82.3 cm³/mol. The lowest BCUT2D eigenvalue weighted by molar-refractivity contribution is -0.143. The maximum atomic E-state index is 11.3.